The van der Waals surface area contributed by atoms with Crippen molar-refractivity contribution < 1.29 is 37.8 Å². The molecule has 0 saturated carbocycles. The summed E-state index contributed by atoms with van der Waals surface area (Å²) in [5.74, 6) is 0. The normalized spacial score (nSPS) is 28.2. The van der Waals surface area contributed by atoms with E-state index in [-0.39, 0.29) is 32.7 Å². The standard InChI is InChI=1S/C11H21N2O.Y/c14-9-3-5-12-7-8-13-6-2-1-4-11(13)10-12;/h9,11,14H,1-8,10H2;/q-1;. The van der Waals surface area contributed by atoms with E-state index in [1.54, 1.807) is 0 Å². The first-order chi connectivity index (χ1) is 6.90. The van der Waals surface area contributed by atoms with Crippen molar-refractivity contribution in [3.8, 4) is 0 Å². The number of hydrogen-bond donors (Lipinski definition) is 1. The van der Waals surface area contributed by atoms with Crippen LogP contribution in [-0.2, 0) is 32.7 Å². The summed E-state index contributed by atoms with van der Waals surface area (Å²) in [5, 5.41) is 8.67. The summed E-state index contributed by atoms with van der Waals surface area (Å²) >= 11 is 0. The number of nitrogens with zero attached hydrogens (tertiary/aromatic N) is 2. The Bertz CT molecular complexity index is 180. The van der Waals surface area contributed by atoms with Gasteiger partial charge in [0, 0.05) is 58.4 Å². The molecule has 0 bridgehead atoms. The molecule has 1 radical (unpaired) electrons. The van der Waals surface area contributed by atoms with Crippen LogP contribution in [0.25, 0.3) is 0 Å². The van der Waals surface area contributed by atoms with E-state index in [0.717, 1.165) is 19.0 Å². The molecule has 0 spiro atoms. The van der Waals surface area contributed by atoms with Crippen LogP contribution in [-0.4, -0.2) is 53.7 Å². The molecule has 4 heteroatoms. The summed E-state index contributed by atoms with van der Waals surface area (Å²) < 4.78 is 0. The van der Waals surface area contributed by atoms with Gasteiger partial charge in [-0.25, -0.2) is 6.61 Å². The fourth-order valence-electron chi connectivity index (χ4n) is 2.66. The van der Waals surface area contributed by atoms with Gasteiger partial charge < -0.3 is 10.0 Å². The van der Waals surface area contributed by atoms with Crippen LogP contribution in [0.3, 0.4) is 0 Å². The summed E-state index contributed by atoms with van der Waals surface area (Å²) in [5.41, 5.74) is 0. The van der Waals surface area contributed by atoms with Gasteiger partial charge in [0.25, 0.3) is 0 Å². The van der Waals surface area contributed by atoms with Crippen LogP contribution >= 0.6 is 0 Å². The van der Waals surface area contributed by atoms with Gasteiger partial charge in [-0.3, -0.25) is 4.90 Å². The van der Waals surface area contributed by atoms with Crippen molar-refractivity contribution in [2.75, 3.05) is 32.7 Å². The minimum Gasteiger partial charge on any atom is -0.566 e. The maximum Gasteiger partial charge on any atom is 0.0223 e. The maximum atomic E-state index is 8.67. The molecule has 0 amide bonds. The molecule has 0 aromatic carbocycles. The molecule has 0 aromatic heterocycles. The van der Waals surface area contributed by atoms with E-state index < -0.39 is 0 Å². The minimum atomic E-state index is 0. The van der Waals surface area contributed by atoms with E-state index >= 15 is 0 Å². The second-order valence-corrected chi connectivity index (χ2v) is 4.46. The molecule has 85 valence electrons. The molecule has 2 fully saturated rings. The molecule has 0 aliphatic carbocycles. The molecule has 1 N–H and O–H groups in total. The molecular weight excluding hydrogens is 265 g/mol. The average molecular weight is 286 g/mol. The Balaban J connectivity index is 0.00000112. The van der Waals surface area contributed by atoms with Crippen LogP contribution in [0.4, 0.5) is 0 Å². The van der Waals surface area contributed by atoms with E-state index in [1.807, 2.05) is 0 Å². The van der Waals surface area contributed by atoms with Crippen molar-refractivity contribution in [1.82, 2.24) is 9.80 Å². The van der Waals surface area contributed by atoms with Gasteiger partial charge in [-0.2, -0.15) is 0 Å². The maximum absolute atomic E-state index is 8.67. The Morgan fingerprint density at radius 3 is 2.87 bits per heavy atom. The zero-order chi connectivity index (χ0) is 9.80. The molecule has 15 heavy (non-hydrogen) atoms. The average Bonchev–Trinajstić information content (AvgIpc) is 2.26. The number of piperidine rings is 1. The van der Waals surface area contributed by atoms with E-state index in [9.17, 15) is 0 Å². The number of hydrogen-bond acceptors (Lipinski definition) is 3. The predicted octanol–water partition coefficient (Wildman–Crippen LogP) is 1.08. The summed E-state index contributed by atoms with van der Waals surface area (Å²) in [6.07, 6.45) is 4.98. The van der Waals surface area contributed by atoms with Gasteiger partial charge in [0.05, 0.1) is 0 Å². The first-order valence-corrected chi connectivity index (χ1v) is 5.82. The van der Waals surface area contributed by atoms with Crippen molar-refractivity contribution in [2.45, 2.75) is 31.7 Å². The number of fused-ring (bicyclic) bond motifs is 1. The molecule has 1 atom stereocenters. The second-order valence-electron chi connectivity index (χ2n) is 4.46. The quantitative estimate of drug-likeness (QED) is 0.787. The molecule has 2 aliphatic heterocycles. The van der Waals surface area contributed by atoms with Gasteiger partial charge in [-0.15, -0.1) is 6.42 Å². The third kappa shape index (κ3) is 4.05. The number of aliphatic hydroxyl groups is 1. The molecule has 3 nitrogen and oxygen atoms in total. The molecule has 0 aromatic rings. The number of rotatable bonds is 3. The Hall–Kier alpha value is 0.984. The summed E-state index contributed by atoms with van der Waals surface area (Å²) in [6, 6.07) is 0.802. The van der Waals surface area contributed by atoms with Gasteiger partial charge in [0.2, 0.25) is 0 Å². The largest absolute Gasteiger partial charge is 0.566 e. The van der Waals surface area contributed by atoms with Gasteiger partial charge in [-0.1, -0.05) is 6.42 Å². The Labute approximate surface area is 118 Å². The van der Waals surface area contributed by atoms with Crippen LogP contribution in [0, 0.1) is 6.61 Å². The Morgan fingerprint density at radius 2 is 2.07 bits per heavy atom. The van der Waals surface area contributed by atoms with Crippen LogP contribution in [0.15, 0.2) is 0 Å². The van der Waals surface area contributed by atoms with Gasteiger partial charge in [0.1, 0.15) is 0 Å². The van der Waals surface area contributed by atoms with Crippen LogP contribution in [0.5, 0.6) is 0 Å². The fourth-order valence-corrected chi connectivity index (χ4v) is 2.66. The first kappa shape index (κ1) is 14.0. The molecular formula is C11H21N2OY-. The van der Waals surface area contributed by atoms with Crippen molar-refractivity contribution >= 4 is 0 Å². The van der Waals surface area contributed by atoms with E-state index in [1.165, 1.54) is 52.0 Å². The Kier molecular flexibility index (Phi) is 6.87. The first-order valence-electron chi connectivity index (χ1n) is 5.82. The van der Waals surface area contributed by atoms with E-state index in [2.05, 4.69) is 9.80 Å². The van der Waals surface area contributed by atoms with Crippen molar-refractivity contribution in [1.29, 1.82) is 0 Å². The van der Waals surface area contributed by atoms with Gasteiger partial charge in [0.15, 0.2) is 0 Å². The van der Waals surface area contributed by atoms with E-state index in [0.29, 0.717) is 0 Å². The molecule has 2 rings (SSSR count). The summed E-state index contributed by atoms with van der Waals surface area (Å²) in [7, 11) is 0. The molecule has 2 heterocycles. The zero-order valence-corrected chi connectivity index (χ0v) is 12.3. The minimum absolute atomic E-state index is 0. The third-order valence-corrected chi connectivity index (χ3v) is 3.50. The molecule has 2 aliphatic rings. The monoisotopic (exact) mass is 286 g/mol. The molecule has 1 unspecified atom stereocenters. The van der Waals surface area contributed by atoms with Crippen LogP contribution < -0.4 is 0 Å². The fraction of sp³-hybridized carbons (Fsp3) is 0.909. The van der Waals surface area contributed by atoms with Crippen molar-refractivity contribution in [3.05, 3.63) is 6.61 Å². The van der Waals surface area contributed by atoms with Crippen molar-refractivity contribution in [2.24, 2.45) is 0 Å². The van der Waals surface area contributed by atoms with Gasteiger partial charge in [-0.05, 0) is 25.9 Å². The number of aliphatic hydroxyl groups excluding tert-OH is 1. The predicted molar refractivity (Wildman–Crippen MR) is 56.5 cm³/mol. The smallest absolute Gasteiger partial charge is 0.0223 e. The summed E-state index contributed by atoms with van der Waals surface area (Å²) in [4.78, 5) is 5.13. The van der Waals surface area contributed by atoms with E-state index in [4.69, 9.17) is 5.11 Å². The van der Waals surface area contributed by atoms with Crippen LogP contribution in [0.2, 0.25) is 0 Å². The van der Waals surface area contributed by atoms with Gasteiger partial charge >= 0.3 is 0 Å². The third-order valence-electron chi connectivity index (χ3n) is 3.50. The zero-order valence-electron chi connectivity index (χ0n) is 9.44. The second kappa shape index (κ2) is 7.34. The number of piperazine rings is 1. The Morgan fingerprint density at radius 1 is 1.20 bits per heavy atom. The molecule has 2 saturated heterocycles. The van der Waals surface area contributed by atoms with Crippen LogP contribution in [0.1, 0.15) is 25.7 Å². The SMILES string of the molecule is O[CH-]CCN1CCN2CCCCC2C1.[Y]. The van der Waals surface area contributed by atoms with Crippen molar-refractivity contribution in [3.63, 3.8) is 0 Å². The summed E-state index contributed by atoms with van der Waals surface area (Å²) in [6.45, 7) is 7.26. The topological polar surface area (TPSA) is 26.7 Å².